The van der Waals surface area contributed by atoms with Crippen molar-refractivity contribution in [3.05, 3.63) is 34.3 Å². The van der Waals surface area contributed by atoms with Gasteiger partial charge in [0.1, 0.15) is 0 Å². The Labute approximate surface area is 122 Å². The molecule has 2 rings (SSSR count). The number of rotatable bonds is 5. The number of ether oxygens (including phenoxy) is 1. The van der Waals surface area contributed by atoms with Crippen LogP contribution >= 0.6 is 15.9 Å². The Hall–Kier alpha value is -0.910. The van der Waals surface area contributed by atoms with Crippen molar-refractivity contribution in [1.82, 2.24) is 10.6 Å². The van der Waals surface area contributed by atoms with Crippen molar-refractivity contribution < 1.29 is 9.53 Å². The van der Waals surface area contributed by atoms with Gasteiger partial charge in [-0.25, -0.2) is 0 Å². The number of benzene rings is 1. The van der Waals surface area contributed by atoms with Crippen LogP contribution in [0.3, 0.4) is 0 Å². The summed E-state index contributed by atoms with van der Waals surface area (Å²) in [6, 6.07) is 8.27. The summed E-state index contributed by atoms with van der Waals surface area (Å²) < 4.78 is 6.32. The van der Waals surface area contributed by atoms with E-state index >= 15 is 0 Å². The molecule has 1 aliphatic rings. The SMILES string of the molecule is O=C(CNCc1ccccc1Br)NC1CCOCC1. The molecule has 0 atom stereocenters. The predicted octanol–water partition coefficient (Wildman–Crippen LogP) is 1.83. The second-order valence-corrected chi connectivity index (χ2v) is 5.50. The molecule has 104 valence electrons. The number of amides is 1. The minimum atomic E-state index is 0.0546. The van der Waals surface area contributed by atoms with Gasteiger partial charge in [0.2, 0.25) is 5.91 Å². The fourth-order valence-electron chi connectivity index (χ4n) is 2.07. The van der Waals surface area contributed by atoms with E-state index in [-0.39, 0.29) is 11.9 Å². The van der Waals surface area contributed by atoms with Gasteiger partial charge < -0.3 is 15.4 Å². The molecule has 1 fully saturated rings. The van der Waals surface area contributed by atoms with Crippen LogP contribution in [-0.2, 0) is 16.1 Å². The molecule has 1 amide bonds. The molecule has 19 heavy (non-hydrogen) atoms. The molecular weight excluding hydrogens is 308 g/mol. The number of halogens is 1. The molecule has 0 radical (unpaired) electrons. The average Bonchev–Trinajstić information content (AvgIpc) is 2.42. The number of carbonyl (C=O) groups excluding carboxylic acids is 1. The van der Waals surface area contributed by atoms with Gasteiger partial charge in [-0.3, -0.25) is 4.79 Å². The minimum Gasteiger partial charge on any atom is -0.381 e. The summed E-state index contributed by atoms with van der Waals surface area (Å²) in [6.07, 6.45) is 1.83. The van der Waals surface area contributed by atoms with Gasteiger partial charge in [0.05, 0.1) is 6.54 Å². The predicted molar refractivity (Wildman–Crippen MR) is 77.8 cm³/mol. The summed E-state index contributed by atoms with van der Waals surface area (Å²) in [7, 11) is 0. The largest absolute Gasteiger partial charge is 0.381 e. The Bertz CT molecular complexity index is 420. The summed E-state index contributed by atoms with van der Waals surface area (Å²) in [6.45, 7) is 2.52. The van der Waals surface area contributed by atoms with E-state index in [1.807, 2.05) is 24.3 Å². The third-order valence-corrected chi connectivity index (χ3v) is 3.92. The molecule has 1 aromatic rings. The first-order chi connectivity index (χ1) is 9.25. The van der Waals surface area contributed by atoms with Crippen molar-refractivity contribution in [1.29, 1.82) is 0 Å². The smallest absolute Gasteiger partial charge is 0.234 e. The standard InChI is InChI=1S/C14H19BrN2O2/c15-13-4-2-1-3-11(13)9-16-10-14(18)17-12-5-7-19-8-6-12/h1-4,12,16H,5-10H2,(H,17,18). The molecule has 1 heterocycles. The van der Waals surface area contributed by atoms with Crippen molar-refractivity contribution in [3.63, 3.8) is 0 Å². The van der Waals surface area contributed by atoms with Crippen LogP contribution in [0.5, 0.6) is 0 Å². The van der Waals surface area contributed by atoms with E-state index in [1.165, 1.54) is 0 Å². The number of carbonyl (C=O) groups is 1. The average molecular weight is 327 g/mol. The Morgan fingerprint density at radius 1 is 1.32 bits per heavy atom. The van der Waals surface area contributed by atoms with Crippen molar-refractivity contribution in [3.8, 4) is 0 Å². The molecule has 5 heteroatoms. The summed E-state index contributed by atoms with van der Waals surface area (Å²) in [4.78, 5) is 11.8. The third kappa shape index (κ3) is 4.93. The van der Waals surface area contributed by atoms with Gasteiger partial charge in [0, 0.05) is 30.3 Å². The van der Waals surface area contributed by atoms with Gasteiger partial charge in [-0.15, -0.1) is 0 Å². The molecule has 1 aliphatic heterocycles. The van der Waals surface area contributed by atoms with E-state index < -0.39 is 0 Å². The summed E-state index contributed by atoms with van der Waals surface area (Å²) in [5.74, 6) is 0.0546. The molecule has 1 aromatic carbocycles. The monoisotopic (exact) mass is 326 g/mol. The third-order valence-electron chi connectivity index (χ3n) is 3.15. The lowest BCUT2D eigenvalue weighted by Crippen LogP contribution is -2.42. The lowest BCUT2D eigenvalue weighted by molar-refractivity contribution is -0.121. The first kappa shape index (κ1) is 14.5. The molecular formula is C14H19BrN2O2. The zero-order valence-corrected chi connectivity index (χ0v) is 12.4. The lowest BCUT2D eigenvalue weighted by Gasteiger charge is -2.23. The van der Waals surface area contributed by atoms with Crippen molar-refractivity contribution in [2.24, 2.45) is 0 Å². The van der Waals surface area contributed by atoms with Crippen LogP contribution in [0.4, 0.5) is 0 Å². The zero-order valence-electron chi connectivity index (χ0n) is 10.8. The van der Waals surface area contributed by atoms with Crippen LogP contribution < -0.4 is 10.6 Å². The second-order valence-electron chi connectivity index (χ2n) is 4.65. The van der Waals surface area contributed by atoms with Crippen molar-refractivity contribution >= 4 is 21.8 Å². The molecule has 0 aromatic heterocycles. The Kier molecular flexibility index (Phi) is 5.82. The van der Waals surface area contributed by atoms with Gasteiger partial charge in [-0.05, 0) is 24.5 Å². The topological polar surface area (TPSA) is 50.4 Å². The van der Waals surface area contributed by atoms with Crippen molar-refractivity contribution in [2.45, 2.75) is 25.4 Å². The minimum absolute atomic E-state index is 0.0546. The Balaban J connectivity index is 1.67. The molecule has 0 spiro atoms. The quantitative estimate of drug-likeness (QED) is 0.868. The van der Waals surface area contributed by atoms with Gasteiger partial charge in [-0.1, -0.05) is 34.1 Å². The molecule has 0 bridgehead atoms. The van der Waals surface area contributed by atoms with E-state index in [0.717, 1.165) is 36.1 Å². The second kappa shape index (κ2) is 7.62. The van der Waals surface area contributed by atoms with E-state index in [0.29, 0.717) is 13.1 Å². The van der Waals surface area contributed by atoms with Crippen LogP contribution in [-0.4, -0.2) is 31.7 Å². The highest BCUT2D eigenvalue weighted by atomic mass is 79.9. The number of hydrogen-bond acceptors (Lipinski definition) is 3. The summed E-state index contributed by atoms with van der Waals surface area (Å²) in [5, 5.41) is 6.19. The van der Waals surface area contributed by atoms with Gasteiger partial charge >= 0.3 is 0 Å². The highest BCUT2D eigenvalue weighted by molar-refractivity contribution is 9.10. The fourth-order valence-corrected chi connectivity index (χ4v) is 2.50. The maximum Gasteiger partial charge on any atom is 0.234 e. The number of hydrogen-bond donors (Lipinski definition) is 2. The molecule has 0 saturated carbocycles. The highest BCUT2D eigenvalue weighted by Crippen LogP contribution is 2.15. The van der Waals surface area contributed by atoms with E-state index in [4.69, 9.17) is 4.74 Å². The maximum absolute atomic E-state index is 11.8. The maximum atomic E-state index is 11.8. The van der Waals surface area contributed by atoms with E-state index in [9.17, 15) is 4.79 Å². The molecule has 2 N–H and O–H groups in total. The van der Waals surface area contributed by atoms with Gasteiger partial charge in [0.25, 0.3) is 0 Å². The summed E-state index contributed by atoms with van der Waals surface area (Å²) in [5.41, 5.74) is 1.15. The molecule has 1 saturated heterocycles. The van der Waals surface area contributed by atoms with Crippen LogP contribution in [0.25, 0.3) is 0 Å². The Morgan fingerprint density at radius 2 is 2.05 bits per heavy atom. The van der Waals surface area contributed by atoms with Crippen molar-refractivity contribution in [2.75, 3.05) is 19.8 Å². The van der Waals surface area contributed by atoms with Crippen LogP contribution in [0, 0.1) is 0 Å². The van der Waals surface area contributed by atoms with Gasteiger partial charge in [-0.2, -0.15) is 0 Å². The Morgan fingerprint density at radius 3 is 2.79 bits per heavy atom. The van der Waals surface area contributed by atoms with E-state index in [1.54, 1.807) is 0 Å². The normalized spacial score (nSPS) is 16.3. The van der Waals surface area contributed by atoms with Crippen LogP contribution in [0.15, 0.2) is 28.7 Å². The first-order valence-corrected chi connectivity index (χ1v) is 7.36. The summed E-state index contributed by atoms with van der Waals surface area (Å²) >= 11 is 3.49. The molecule has 0 unspecified atom stereocenters. The number of nitrogens with one attached hydrogen (secondary N) is 2. The highest BCUT2D eigenvalue weighted by Gasteiger charge is 2.15. The zero-order chi connectivity index (χ0) is 13.5. The van der Waals surface area contributed by atoms with Crippen LogP contribution in [0.2, 0.25) is 0 Å². The van der Waals surface area contributed by atoms with Gasteiger partial charge in [0.15, 0.2) is 0 Å². The fraction of sp³-hybridized carbons (Fsp3) is 0.500. The first-order valence-electron chi connectivity index (χ1n) is 6.57. The molecule has 4 nitrogen and oxygen atoms in total. The lowest BCUT2D eigenvalue weighted by atomic mass is 10.1. The molecule has 0 aliphatic carbocycles. The van der Waals surface area contributed by atoms with E-state index in [2.05, 4.69) is 26.6 Å². The van der Waals surface area contributed by atoms with Crippen LogP contribution in [0.1, 0.15) is 18.4 Å².